The minimum absolute atomic E-state index is 0.0526. The van der Waals surface area contributed by atoms with E-state index < -0.39 is 35.9 Å². The number of hydrogen-bond donors (Lipinski definition) is 2. The summed E-state index contributed by atoms with van der Waals surface area (Å²) in [5, 5.41) is 5.98. The predicted molar refractivity (Wildman–Crippen MR) is 145 cm³/mol. The number of hydrogen-bond acceptors (Lipinski definition) is 3. The molecule has 1 amide bonds. The first-order valence-electron chi connectivity index (χ1n) is 14.2. The van der Waals surface area contributed by atoms with Gasteiger partial charge in [0.2, 0.25) is 5.91 Å². The maximum Gasteiger partial charge on any atom is 0.416 e. The van der Waals surface area contributed by atoms with Crippen molar-refractivity contribution in [3.63, 3.8) is 0 Å². The lowest BCUT2D eigenvalue weighted by molar-refractivity contribution is -0.143. The van der Waals surface area contributed by atoms with Crippen molar-refractivity contribution < 1.29 is 31.1 Å². The average molecular weight is 580 g/mol. The van der Waals surface area contributed by atoms with Gasteiger partial charge in [0.15, 0.2) is 0 Å². The molecule has 0 radical (unpaired) electrons. The Hall–Kier alpha value is -2.85. The van der Waals surface area contributed by atoms with E-state index in [-0.39, 0.29) is 28.9 Å². The minimum atomic E-state index is -4.93. The Morgan fingerprint density at radius 3 is 2.34 bits per heavy atom. The molecule has 2 fully saturated rings. The zero-order chi connectivity index (χ0) is 29.3. The molecule has 2 aromatic carbocycles. The predicted octanol–water partition coefficient (Wildman–Crippen LogP) is 6.41. The van der Waals surface area contributed by atoms with Gasteiger partial charge in [-0.05, 0) is 106 Å². The van der Waals surface area contributed by atoms with E-state index in [0.717, 1.165) is 45.3 Å². The smallest absolute Gasteiger partial charge is 0.352 e. The molecule has 0 bridgehead atoms. The van der Waals surface area contributed by atoms with Crippen molar-refractivity contribution in [3.8, 4) is 0 Å². The van der Waals surface area contributed by atoms with Gasteiger partial charge in [-0.3, -0.25) is 4.79 Å². The summed E-state index contributed by atoms with van der Waals surface area (Å²) in [6.07, 6.45) is -1.04. The van der Waals surface area contributed by atoms with Crippen LogP contribution in [0, 0.1) is 11.8 Å². The molecular weight excluding hydrogens is 544 g/mol. The van der Waals surface area contributed by atoms with Gasteiger partial charge in [-0.15, -0.1) is 0 Å². The van der Waals surface area contributed by atoms with Crippen molar-refractivity contribution >= 4 is 12.0 Å². The number of fused-ring (bicyclic) bond motifs is 2. The van der Waals surface area contributed by atoms with Crippen LogP contribution >= 0.6 is 0 Å². The molecule has 2 N–H and O–H groups in total. The first kappa shape index (κ1) is 29.6. The van der Waals surface area contributed by atoms with Crippen LogP contribution in [0.4, 0.5) is 26.3 Å². The Kier molecular flexibility index (Phi) is 8.53. The summed E-state index contributed by atoms with van der Waals surface area (Å²) in [5.74, 6) is -0.666. The lowest BCUT2D eigenvalue weighted by Crippen LogP contribution is -2.45. The standard InChI is InChI=1S/C31H35F6N3O/c32-30(33,34)24-16-21(17-25(18-24)31(35,36)37)19-39-28(41)26(23-5-3-12-38-20-23)8-13-40-14-10-29(11-15-40)9-7-22-4-1-2-6-27(22)29/h1-2,4,6-7,9,16-18,23,26,38H,3,5,8,10-15,19-20H2,(H,39,41). The van der Waals surface area contributed by atoms with Gasteiger partial charge in [0.1, 0.15) is 0 Å². The van der Waals surface area contributed by atoms with E-state index in [0.29, 0.717) is 31.6 Å². The molecule has 1 aliphatic carbocycles. The Morgan fingerprint density at radius 1 is 1.02 bits per heavy atom. The number of amides is 1. The number of rotatable bonds is 7. The fraction of sp³-hybridized carbons (Fsp3) is 0.516. The van der Waals surface area contributed by atoms with Crippen LogP contribution in [0.3, 0.4) is 0 Å². The lowest BCUT2D eigenvalue weighted by Gasteiger charge is -2.40. The molecule has 2 heterocycles. The summed E-state index contributed by atoms with van der Waals surface area (Å²) >= 11 is 0. The normalized spacial score (nSPS) is 21.6. The quantitative estimate of drug-likeness (QED) is 0.373. The molecule has 222 valence electrons. The Balaban J connectivity index is 1.23. The second-order valence-corrected chi connectivity index (χ2v) is 11.6. The summed E-state index contributed by atoms with van der Waals surface area (Å²) in [6.45, 7) is 3.60. The largest absolute Gasteiger partial charge is 0.416 e. The van der Waals surface area contributed by atoms with E-state index in [1.165, 1.54) is 11.1 Å². The molecule has 4 nitrogen and oxygen atoms in total. The first-order chi connectivity index (χ1) is 19.4. The maximum absolute atomic E-state index is 13.4. The molecule has 41 heavy (non-hydrogen) atoms. The number of nitrogens with zero attached hydrogens (tertiary/aromatic N) is 1. The third-order valence-electron chi connectivity index (χ3n) is 8.94. The number of nitrogens with one attached hydrogen (secondary N) is 2. The van der Waals surface area contributed by atoms with Gasteiger partial charge in [0, 0.05) is 17.9 Å². The highest BCUT2D eigenvalue weighted by Crippen LogP contribution is 2.44. The molecule has 2 unspecified atom stereocenters. The Bertz CT molecular complexity index is 1220. The number of halogens is 6. The van der Waals surface area contributed by atoms with Crippen LogP contribution < -0.4 is 10.6 Å². The number of allylic oxidation sites excluding steroid dienone is 1. The zero-order valence-electron chi connectivity index (χ0n) is 22.8. The monoisotopic (exact) mass is 579 g/mol. The van der Waals surface area contributed by atoms with E-state index in [2.05, 4.69) is 45.9 Å². The van der Waals surface area contributed by atoms with Crippen LogP contribution in [-0.4, -0.2) is 43.5 Å². The van der Waals surface area contributed by atoms with Crippen LogP contribution in [0.15, 0.2) is 48.5 Å². The lowest BCUT2D eigenvalue weighted by atomic mass is 9.74. The molecule has 2 atom stereocenters. The second kappa shape index (κ2) is 11.8. The molecule has 10 heteroatoms. The van der Waals surface area contributed by atoms with Crippen molar-refractivity contribution in [2.45, 2.75) is 56.4 Å². The number of carbonyl (C=O) groups is 1. The van der Waals surface area contributed by atoms with Crippen LogP contribution in [0.1, 0.15) is 59.9 Å². The summed E-state index contributed by atoms with van der Waals surface area (Å²) in [6, 6.07) is 9.90. The van der Waals surface area contributed by atoms with Gasteiger partial charge in [0.25, 0.3) is 0 Å². The highest BCUT2D eigenvalue weighted by atomic mass is 19.4. The molecule has 2 aliphatic heterocycles. The van der Waals surface area contributed by atoms with Gasteiger partial charge >= 0.3 is 12.4 Å². The van der Waals surface area contributed by atoms with E-state index in [1.54, 1.807) is 0 Å². The van der Waals surface area contributed by atoms with Gasteiger partial charge in [0.05, 0.1) is 11.1 Å². The summed E-state index contributed by atoms with van der Waals surface area (Å²) in [7, 11) is 0. The SMILES string of the molecule is O=C(NCc1cc(C(F)(F)F)cc(C(F)(F)F)c1)C(CCN1CCC2(C=Cc3ccccc32)CC1)C1CCCNC1. The van der Waals surface area contributed by atoms with Crippen molar-refractivity contribution in [1.29, 1.82) is 0 Å². The number of piperidine rings is 2. The van der Waals surface area contributed by atoms with E-state index in [9.17, 15) is 31.1 Å². The fourth-order valence-corrected chi connectivity index (χ4v) is 6.61. The van der Waals surface area contributed by atoms with Gasteiger partial charge in [-0.2, -0.15) is 26.3 Å². The van der Waals surface area contributed by atoms with Crippen molar-refractivity contribution in [1.82, 2.24) is 15.5 Å². The second-order valence-electron chi connectivity index (χ2n) is 11.6. The van der Waals surface area contributed by atoms with Crippen LogP contribution in [0.5, 0.6) is 0 Å². The van der Waals surface area contributed by atoms with Crippen LogP contribution in [-0.2, 0) is 29.1 Å². The number of alkyl halides is 6. The Labute approximate surface area is 236 Å². The topological polar surface area (TPSA) is 44.4 Å². The zero-order valence-corrected chi connectivity index (χ0v) is 22.8. The number of likely N-dealkylation sites (tertiary alicyclic amines) is 1. The summed E-state index contributed by atoms with van der Waals surface area (Å²) < 4.78 is 79.7. The molecular formula is C31H35F6N3O. The van der Waals surface area contributed by atoms with Crippen molar-refractivity contribution in [2.24, 2.45) is 11.8 Å². The summed E-state index contributed by atoms with van der Waals surface area (Å²) in [5.41, 5.74) is -0.303. The van der Waals surface area contributed by atoms with Crippen molar-refractivity contribution in [3.05, 3.63) is 76.4 Å². The molecule has 0 aromatic heterocycles. The third kappa shape index (κ3) is 6.80. The van der Waals surface area contributed by atoms with Gasteiger partial charge in [-0.1, -0.05) is 36.4 Å². The molecule has 5 rings (SSSR count). The first-order valence-corrected chi connectivity index (χ1v) is 14.2. The molecule has 3 aliphatic rings. The highest BCUT2D eigenvalue weighted by Gasteiger charge is 2.39. The van der Waals surface area contributed by atoms with E-state index in [1.807, 2.05) is 6.07 Å². The molecule has 2 saturated heterocycles. The number of carbonyl (C=O) groups excluding carboxylic acids is 1. The maximum atomic E-state index is 13.4. The molecule has 2 aromatic rings. The summed E-state index contributed by atoms with van der Waals surface area (Å²) in [4.78, 5) is 15.7. The fourth-order valence-electron chi connectivity index (χ4n) is 6.61. The number of benzene rings is 2. The molecule has 1 spiro atoms. The van der Waals surface area contributed by atoms with Gasteiger partial charge < -0.3 is 15.5 Å². The minimum Gasteiger partial charge on any atom is -0.352 e. The Morgan fingerprint density at radius 2 is 1.71 bits per heavy atom. The van der Waals surface area contributed by atoms with Crippen molar-refractivity contribution in [2.75, 3.05) is 32.7 Å². The van der Waals surface area contributed by atoms with E-state index in [4.69, 9.17) is 0 Å². The van der Waals surface area contributed by atoms with E-state index >= 15 is 0 Å². The molecule has 0 saturated carbocycles. The van der Waals surface area contributed by atoms with Crippen LogP contribution in [0.25, 0.3) is 6.08 Å². The van der Waals surface area contributed by atoms with Gasteiger partial charge in [-0.25, -0.2) is 0 Å². The van der Waals surface area contributed by atoms with Crippen LogP contribution in [0.2, 0.25) is 0 Å². The third-order valence-corrected chi connectivity index (χ3v) is 8.94. The average Bonchev–Trinajstić information content (AvgIpc) is 3.30. The highest BCUT2D eigenvalue weighted by molar-refractivity contribution is 5.79.